The number of hydrogen-bond acceptors (Lipinski definition) is 1. The van der Waals surface area contributed by atoms with Crippen LogP contribution >= 0.6 is 15.9 Å². The standard InChI is InChI=1S/C9H11BrN2O/c1-2-12(9(11)13)8-6-4-3-5-7(8)10/h3-6H,2H2,1H3,(H2,11,13). The Kier molecular flexibility index (Phi) is 3.31. The fraction of sp³-hybridized carbons (Fsp3) is 0.222. The highest BCUT2D eigenvalue weighted by atomic mass is 79.9. The molecule has 2 N–H and O–H groups in total. The van der Waals surface area contributed by atoms with Crippen molar-refractivity contribution in [1.29, 1.82) is 0 Å². The van der Waals surface area contributed by atoms with Crippen LogP contribution in [0.25, 0.3) is 0 Å². The van der Waals surface area contributed by atoms with Crippen molar-refractivity contribution in [3.05, 3.63) is 28.7 Å². The van der Waals surface area contributed by atoms with Gasteiger partial charge in [0.15, 0.2) is 0 Å². The van der Waals surface area contributed by atoms with Gasteiger partial charge in [0.2, 0.25) is 0 Å². The molecule has 3 nitrogen and oxygen atoms in total. The number of carbonyl (C=O) groups is 1. The van der Waals surface area contributed by atoms with E-state index in [1.807, 2.05) is 31.2 Å². The van der Waals surface area contributed by atoms with Gasteiger partial charge in [-0.05, 0) is 35.0 Å². The number of carbonyl (C=O) groups excluding carboxylic acids is 1. The molecule has 0 unspecified atom stereocenters. The smallest absolute Gasteiger partial charge is 0.319 e. The highest BCUT2D eigenvalue weighted by Gasteiger charge is 2.11. The summed E-state index contributed by atoms with van der Waals surface area (Å²) in [5.74, 6) is 0. The first-order valence-corrected chi connectivity index (χ1v) is 4.77. The lowest BCUT2D eigenvalue weighted by Crippen LogP contribution is -2.35. The zero-order valence-corrected chi connectivity index (χ0v) is 8.91. The molecule has 0 bridgehead atoms. The number of nitrogens with two attached hydrogens (primary N) is 1. The molecule has 70 valence electrons. The molecule has 0 heterocycles. The molecule has 0 aliphatic rings. The predicted molar refractivity (Wildman–Crippen MR) is 56.7 cm³/mol. The molecule has 0 atom stereocenters. The quantitative estimate of drug-likeness (QED) is 0.851. The first-order valence-electron chi connectivity index (χ1n) is 3.98. The minimum atomic E-state index is -0.436. The molecule has 0 aliphatic heterocycles. The first-order chi connectivity index (χ1) is 6.16. The summed E-state index contributed by atoms with van der Waals surface area (Å²) < 4.78 is 0.871. The second-order valence-corrected chi connectivity index (χ2v) is 3.39. The zero-order valence-electron chi connectivity index (χ0n) is 7.33. The van der Waals surface area contributed by atoms with E-state index in [0.29, 0.717) is 6.54 Å². The van der Waals surface area contributed by atoms with Crippen molar-refractivity contribution < 1.29 is 4.79 Å². The molecule has 0 fully saturated rings. The molecule has 0 saturated heterocycles. The van der Waals surface area contributed by atoms with Crippen molar-refractivity contribution in [2.75, 3.05) is 11.4 Å². The van der Waals surface area contributed by atoms with E-state index in [0.717, 1.165) is 10.2 Å². The lowest BCUT2D eigenvalue weighted by Gasteiger charge is -2.19. The van der Waals surface area contributed by atoms with Crippen molar-refractivity contribution in [2.24, 2.45) is 5.73 Å². The molecule has 1 rings (SSSR count). The van der Waals surface area contributed by atoms with Crippen molar-refractivity contribution in [2.45, 2.75) is 6.92 Å². The minimum absolute atomic E-state index is 0.436. The molecule has 1 aromatic rings. The number of hydrogen-bond donors (Lipinski definition) is 1. The number of primary amides is 1. The maximum Gasteiger partial charge on any atom is 0.319 e. The third-order valence-corrected chi connectivity index (χ3v) is 2.40. The van der Waals surface area contributed by atoms with Gasteiger partial charge in [-0.25, -0.2) is 4.79 Å². The van der Waals surface area contributed by atoms with Crippen LogP contribution < -0.4 is 10.6 Å². The summed E-state index contributed by atoms with van der Waals surface area (Å²) in [6.07, 6.45) is 0. The van der Waals surface area contributed by atoms with Gasteiger partial charge in [-0.3, -0.25) is 4.90 Å². The number of nitrogens with zero attached hydrogens (tertiary/aromatic N) is 1. The maximum atomic E-state index is 11.0. The van der Waals surface area contributed by atoms with Gasteiger partial charge in [0, 0.05) is 11.0 Å². The number of halogens is 1. The predicted octanol–water partition coefficient (Wildman–Crippen LogP) is 2.35. The molecule has 13 heavy (non-hydrogen) atoms. The second kappa shape index (κ2) is 4.28. The molecule has 0 aliphatic carbocycles. The van der Waals surface area contributed by atoms with Crippen LogP contribution in [0, 0.1) is 0 Å². The van der Waals surface area contributed by atoms with E-state index in [-0.39, 0.29) is 0 Å². The van der Waals surface area contributed by atoms with Crippen LogP contribution in [0.3, 0.4) is 0 Å². The molecule has 0 spiro atoms. The summed E-state index contributed by atoms with van der Waals surface area (Å²) in [6, 6.07) is 7.04. The van der Waals surface area contributed by atoms with Crippen LogP contribution in [-0.2, 0) is 0 Å². The Balaban J connectivity index is 3.04. The van der Waals surface area contributed by atoms with Gasteiger partial charge in [0.1, 0.15) is 0 Å². The summed E-state index contributed by atoms with van der Waals surface area (Å²) in [5.41, 5.74) is 6.02. The molecular formula is C9H11BrN2O. The Morgan fingerprint density at radius 1 is 1.54 bits per heavy atom. The Morgan fingerprint density at radius 2 is 2.15 bits per heavy atom. The second-order valence-electron chi connectivity index (χ2n) is 2.53. The van der Waals surface area contributed by atoms with Gasteiger partial charge in [-0.2, -0.15) is 0 Å². The van der Waals surface area contributed by atoms with Crippen LogP contribution in [0.2, 0.25) is 0 Å². The van der Waals surface area contributed by atoms with Crippen molar-refractivity contribution in [3.63, 3.8) is 0 Å². The van der Waals surface area contributed by atoms with Crippen LogP contribution in [0.1, 0.15) is 6.92 Å². The van der Waals surface area contributed by atoms with Gasteiger partial charge in [-0.1, -0.05) is 12.1 Å². The van der Waals surface area contributed by atoms with Gasteiger partial charge in [-0.15, -0.1) is 0 Å². The monoisotopic (exact) mass is 242 g/mol. The van der Waals surface area contributed by atoms with Crippen molar-refractivity contribution in [1.82, 2.24) is 0 Å². The molecule has 0 radical (unpaired) electrons. The molecule has 0 saturated carbocycles. The lowest BCUT2D eigenvalue weighted by molar-refractivity contribution is 0.254. The van der Waals surface area contributed by atoms with Crippen molar-refractivity contribution >= 4 is 27.6 Å². The molecule has 0 aromatic heterocycles. The average molecular weight is 243 g/mol. The molecule has 2 amide bonds. The summed E-state index contributed by atoms with van der Waals surface area (Å²) >= 11 is 3.36. The highest BCUT2D eigenvalue weighted by Crippen LogP contribution is 2.25. The Hall–Kier alpha value is -1.03. The molecule has 4 heteroatoms. The summed E-state index contributed by atoms with van der Waals surface area (Å²) in [4.78, 5) is 12.5. The van der Waals surface area contributed by atoms with E-state index in [4.69, 9.17) is 5.73 Å². The van der Waals surface area contributed by atoms with Crippen LogP contribution in [-0.4, -0.2) is 12.6 Å². The Morgan fingerprint density at radius 3 is 2.62 bits per heavy atom. The normalized spacial score (nSPS) is 9.69. The van der Waals surface area contributed by atoms with Gasteiger partial charge in [0.05, 0.1) is 5.69 Å². The van der Waals surface area contributed by atoms with E-state index in [9.17, 15) is 4.79 Å². The zero-order chi connectivity index (χ0) is 9.84. The van der Waals surface area contributed by atoms with E-state index in [1.54, 1.807) is 0 Å². The van der Waals surface area contributed by atoms with Crippen molar-refractivity contribution in [3.8, 4) is 0 Å². The number of urea groups is 1. The van der Waals surface area contributed by atoms with Crippen LogP contribution in [0.4, 0.5) is 10.5 Å². The number of amides is 2. The summed E-state index contributed by atoms with van der Waals surface area (Å²) in [7, 11) is 0. The van der Waals surface area contributed by atoms with E-state index < -0.39 is 6.03 Å². The van der Waals surface area contributed by atoms with Gasteiger partial charge >= 0.3 is 6.03 Å². The van der Waals surface area contributed by atoms with E-state index in [2.05, 4.69) is 15.9 Å². The third kappa shape index (κ3) is 2.21. The first kappa shape index (κ1) is 10.1. The summed E-state index contributed by atoms with van der Waals surface area (Å²) in [6.45, 7) is 2.45. The maximum absolute atomic E-state index is 11.0. The largest absolute Gasteiger partial charge is 0.351 e. The van der Waals surface area contributed by atoms with Gasteiger partial charge < -0.3 is 5.73 Å². The average Bonchev–Trinajstić information content (AvgIpc) is 2.09. The highest BCUT2D eigenvalue weighted by molar-refractivity contribution is 9.10. The van der Waals surface area contributed by atoms with E-state index >= 15 is 0 Å². The fourth-order valence-corrected chi connectivity index (χ4v) is 1.61. The van der Waals surface area contributed by atoms with Gasteiger partial charge in [0.25, 0.3) is 0 Å². The number of para-hydroxylation sites is 1. The Labute approximate surface area is 85.7 Å². The van der Waals surface area contributed by atoms with Crippen LogP contribution in [0.5, 0.6) is 0 Å². The lowest BCUT2D eigenvalue weighted by atomic mass is 10.3. The summed E-state index contributed by atoms with van der Waals surface area (Å²) in [5, 5.41) is 0. The molecular weight excluding hydrogens is 232 g/mol. The SMILES string of the molecule is CCN(C(N)=O)c1ccccc1Br. The number of benzene rings is 1. The number of anilines is 1. The molecule has 1 aromatic carbocycles. The number of rotatable bonds is 2. The van der Waals surface area contributed by atoms with E-state index in [1.165, 1.54) is 4.90 Å². The third-order valence-electron chi connectivity index (χ3n) is 1.73. The fourth-order valence-electron chi connectivity index (χ4n) is 1.12. The topological polar surface area (TPSA) is 46.3 Å². The van der Waals surface area contributed by atoms with Crippen LogP contribution in [0.15, 0.2) is 28.7 Å². The minimum Gasteiger partial charge on any atom is -0.351 e. The Bertz CT molecular complexity index is 314.